The standard InChI is InChI=1S/C23H22N2O4S/c1-27-18-8-15(9-19(28-2)23(18)29-3)10-21-24-11-20-22(25-21)17(13-30-20)16-6-4-14(12-26)5-7-16/h4-9,11,13,26H,10,12H2,1-3H3. The molecule has 0 atom stereocenters. The molecule has 154 valence electrons. The van der Waals surface area contributed by atoms with E-state index in [2.05, 4.69) is 10.4 Å². The van der Waals surface area contributed by atoms with Crippen LogP contribution in [0.3, 0.4) is 0 Å². The molecule has 0 unspecified atom stereocenters. The van der Waals surface area contributed by atoms with E-state index in [9.17, 15) is 5.11 Å². The van der Waals surface area contributed by atoms with E-state index in [1.165, 1.54) is 0 Å². The van der Waals surface area contributed by atoms with Crippen LogP contribution in [-0.4, -0.2) is 36.4 Å². The summed E-state index contributed by atoms with van der Waals surface area (Å²) in [6.45, 7) is 0.0335. The van der Waals surface area contributed by atoms with Gasteiger partial charge in [0.1, 0.15) is 5.82 Å². The molecule has 30 heavy (non-hydrogen) atoms. The highest BCUT2D eigenvalue weighted by molar-refractivity contribution is 7.17. The average molecular weight is 423 g/mol. The van der Waals surface area contributed by atoms with Crippen LogP contribution in [0.15, 0.2) is 48.0 Å². The summed E-state index contributed by atoms with van der Waals surface area (Å²) in [5, 5.41) is 11.4. The number of rotatable bonds is 7. The molecule has 0 fully saturated rings. The van der Waals surface area contributed by atoms with E-state index in [-0.39, 0.29) is 6.61 Å². The van der Waals surface area contributed by atoms with Crippen molar-refractivity contribution in [3.05, 3.63) is 64.9 Å². The van der Waals surface area contributed by atoms with Crippen LogP contribution in [0.4, 0.5) is 0 Å². The van der Waals surface area contributed by atoms with Crippen LogP contribution in [-0.2, 0) is 13.0 Å². The molecule has 0 aliphatic rings. The van der Waals surface area contributed by atoms with Gasteiger partial charge in [-0.3, -0.25) is 0 Å². The highest BCUT2D eigenvalue weighted by Gasteiger charge is 2.15. The van der Waals surface area contributed by atoms with Gasteiger partial charge in [-0.2, -0.15) is 0 Å². The number of aliphatic hydroxyl groups excluding tert-OH is 1. The molecule has 4 rings (SSSR count). The number of ether oxygens (including phenoxy) is 3. The highest BCUT2D eigenvalue weighted by Crippen LogP contribution is 2.39. The number of hydrogen-bond acceptors (Lipinski definition) is 7. The maximum Gasteiger partial charge on any atom is 0.203 e. The van der Waals surface area contributed by atoms with Crippen LogP contribution in [0.1, 0.15) is 17.0 Å². The van der Waals surface area contributed by atoms with Gasteiger partial charge in [0, 0.05) is 23.6 Å². The first kappa shape index (κ1) is 20.1. The van der Waals surface area contributed by atoms with Crippen LogP contribution in [0.25, 0.3) is 21.3 Å². The Morgan fingerprint density at radius 2 is 1.63 bits per heavy atom. The van der Waals surface area contributed by atoms with Gasteiger partial charge in [-0.25, -0.2) is 9.97 Å². The molecule has 1 N–H and O–H groups in total. The summed E-state index contributed by atoms with van der Waals surface area (Å²) in [5.74, 6) is 2.48. The topological polar surface area (TPSA) is 73.7 Å². The van der Waals surface area contributed by atoms with Crippen LogP contribution < -0.4 is 14.2 Å². The molecule has 7 heteroatoms. The van der Waals surface area contributed by atoms with Gasteiger partial charge in [-0.05, 0) is 28.8 Å². The zero-order valence-corrected chi connectivity index (χ0v) is 17.8. The summed E-state index contributed by atoms with van der Waals surface area (Å²) in [5.41, 5.74) is 4.90. The van der Waals surface area contributed by atoms with Gasteiger partial charge in [0.25, 0.3) is 0 Å². The Kier molecular flexibility index (Phi) is 5.83. The van der Waals surface area contributed by atoms with E-state index in [1.807, 2.05) is 42.6 Å². The minimum absolute atomic E-state index is 0.0335. The Morgan fingerprint density at radius 1 is 0.933 bits per heavy atom. The summed E-state index contributed by atoms with van der Waals surface area (Å²) < 4.78 is 17.3. The molecule has 2 aromatic carbocycles. The molecule has 0 radical (unpaired) electrons. The number of aromatic nitrogens is 2. The number of nitrogens with zero attached hydrogens (tertiary/aromatic N) is 2. The second-order valence-electron chi connectivity index (χ2n) is 6.71. The first-order valence-electron chi connectivity index (χ1n) is 9.39. The molecule has 0 aliphatic heterocycles. The summed E-state index contributed by atoms with van der Waals surface area (Å²) in [7, 11) is 4.79. The molecule has 0 bridgehead atoms. The Morgan fingerprint density at radius 3 is 2.23 bits per heavy atom. The van der Waals surface area contributed by atoms with Gasteiger partial charge in [0.05, 0.1) is 38.2 Å². The van der Waals surface area contributed by atoms with Gasteiger partial charge in [-0.1, -0.05) is 24.3 Å². The number of benzene rings is 2. The second-order valence-corrected chi connectivity index (χ2v) is 7.63. The first-order valence-corrected chi connectivity index (χ1v) is 10.3. The molecule has 0 saturated heterocycles. The van der Waals surface area contributed by atoms with Crippen molar-refractivity contribution in [2.45, 2.75) is 13.0 Å². The van der Waals surface area contributed by atoms with E-state index in [1.54, 1.807) is 32.7 Å². The van der Waals surface area contributed by atoms with Crippen LogP contribution in [0.2, 0.25) is 0 Å². The molecule has 0 amide bonds. The van der Waals surface area contributed by atoms with Gasteiger partial charge in [0.15, 0.2) is 11.5 Å². The third-order valence-corrected chi connectivity index (χ3v) is 5.80. The van der Waals surface area contributed by atoms with Crippen molar-refractivity contribution >= 4 is 21.6 Å². The van der Waals surface area contributed by atoms with E-state index < -0.39 is 0 Å². The Balaban J connectivity index is 1.70. The summed E-state index contributed by atoms with van der Waals surface area (Å²) >= 11 is 1.62. The van der Waals surface area contributed by atoms with Crippen LogP contribution in [0.5, 0.6) is 17.2 Å². The lowest BCUT2D eigenvalue weighted by Crippen LogP contribution is -2.00. The van der Waals surface area contributed by atoms with Crippen molar-refractivity contribution in [3.63, 3.8) is 0 Å². The molecule has 0 saturated carbocycles. The van der Waals surface area contributed by atoms with Gasteiger partial charge < -0.3 is 19.3 Å². The fourth-order valence-electron chi connectivity index (χ4n) is 3.36. The lowest BCUT2D eigenvalue weighted by atomic mass is 10.1. The SMILES string of the molecule is COc1cc(Cc2ncc3scc(-c4ccc(CO)cc4)c3n2)cc(OC)c1OC. The maximum atomic E-state index is 9.27. The van der Waals surface area contributed by atoms with Crippen molar-refractivity contribution in [2.75, 3.05) is 21.3 Å². The number of hydrogen-bond donors (Lipinski definition) is 1. The Labute approximate surface area is 178 Å². The quantitative estimate of drug-likeness (QED) is 0.474. The van der Waals surface area contributed by atoms with Crippen molar-refractivity contribution in [1.82, 2.24) is 9.97 Å². The average Bonchev–Trinajstić information content (AvgIpc) is 3.21. The van der Waals surface area contributed by atoms with E-state index >= 15 is 0 Å². The summed E-state index contributed by atoms with van der Waals surface area (Å²) in [4.78, 5) is 9.38. The second kappa shape index (κ2) is 8.69. The lowest BCUT2D eigenvalue weighted by molar-refractivity contribution is 0.282. The van der Waals surface area contributed by atoms with Crippen molar-refractivity contribution in [2.24, 2.45) is 0 Å². The lowest BCUT2D eigenvalue weighted by Gasteiger charge is -2.14. The predicted octanol–water partition coefficient (Wildman–Crippen LogP) is 4.47. The smallest absolute Gasteiger partial charge is 0.203 e. The summed E-state index contributed by atoms with van der Waals surface area (Å²) in [6.07, 6.45) is 2.40. The largest absolute Gasteiger partial charge is 0.493 e. The zero-order valence-electron chi connectivity index (χ0n) is 17.0. The predicted molar refractivity (Wildman–Crippen MR) is 118 cm³/mol. The molecule has 0 aliphatic carbocycles. The molecule has 2 aromatic heterocycles. The molecule has 4 aromatic rings. The van der Waals surface area contributed by atoms with Crippen molar-refractivity contribution in [1.29, 1.82) is 0 Å². The Bertz CT molecular complexity index is 1150. The maximum absolute atomic E-state index is 9.27. The normalized spacial score (nSPS) is 10.9. The van der Waals surface area contributed by atoms with Crippen LogP contribution >= 0.6 is 11.3 Å². The Hall–Kier alpha value is -3.16. The third-order valence-electron chi connectivity index (χ3n) is 4.90. The third kappa shape index (κ3) is 3.81. The molecule has 6 nitrogen and oxygen atoms in total. The highest BCUT2D eigenvalue weighted by atomic mass is 32.1. The minimum Gasteiger partial charge on any atom is -0.493 e. The number of methoxy groups -OCH3 is 3. The van der Waals surface area contributed by atoms with E-state index in [0.29, 0.717) is 29.5 Å². The molecular formula is C23H22N2O4S. The number of aliphatic hydroxyl groups is 1. The van der Waals surface area contributed by atoms with E-state index in [0.717, 1.165) is 32.5 Å². The zero-order chi connectivity index (χ0) is 21.1. The number of thiophene rings is 1. The van der Waals surface area contributed by atoms with Gasteiger partial charge in [-0.15, -0.1) is 11.3 Å². The molecular weight excluding hydrogens is 400 g/mol. The van der Waals surface area contributed by atoms with Crippen LogP contribution in [0, 0.1) is 0 Å². The number of fused-ring (bicyclic) bond motifs is 1. The first-order chi connectivity index (χ1) is 14.7. The molecule has 0 spiro atoms. The monoisotopic (exact) mass is 422 g/mol. The fourth-order valence-corrected chi connectivity index (χ4v) is 4.24. The van der Waals surface area contributed by atoms with Crippen molar-refractivity contribution in [3.8, 4) is 28.4 Å². The molecule has 2 heterocycles. The van der Waals surface area contributed by atoms with E-state index in [4.69, 9.17) is 19.2 Å². The fraction of sp³-hybridized carbons (Fsp3) is 0.217. The van der Waals surface area contributed by atoms with Crippen molar-refractivity contribution < 1.29 is 19.3 Å². The van der Waals surface area contributed by atoms with Gasteiger partial charge >= 0.3 is 0 Å². The minimum atomic E-state index is 0.0335. The summed E-state index contributed by atoms with van der Waals surface area (Å²) in [6, 6.07) is 11.7. The van der Waals surface area contributed by atoms with Gasteiger partial charge in [0.2, 0.25) is 5.75 Å².